The quantitative estimate of drug-likeness (QED) is 0.715. The number of hydrogen-bond acceptors (Lipinski definition) is 1. The molecule has 2 nitrogen and oxygen atoms in total. The van der Waals surface area contributed by atoms with E-state index in [9.17, 15) is 0 Å². The van der Waals surface area contributed by atoms with Crippen LogP contribution in [0.15, 0.2) is 12.3 Å². The van der Waals surface area contributed by atoms with Gasteiger partial charge < -0.3 is 0 Å². The van der Waals surface area contributed by atoms with Crippen LogP contribution in [-0.2, 0) is 5.41 Å². The van der Waals surface area contributed by atoms with E-state index >= 15 is 0 Å². The van der Waals surface area contributed by atoms with Crippen LogP contribution < -0.4 is 0 Å². The third-order valence-corrected chi connectivity index (χ3v) is 3.71. The highest BCUT2D eigenvalue weighted by atomic mass is 15.3. The summed E-state index contributed by atoms with van der Waals surface area (Å²) in [5, 5.41) is 4.70. The van der Waals surface area contributed by atoms with Gasteiger partial charge in [0.15, 0.2) is 0 Å². The minimum Gasteiger partial charge on any atom is -0.269 e. The van der Waals surface area contributed by atoms with Crippen molar-refractivity contribution in [2.45, 2.75) is 57.9 Å². The van der Waals surface area contributed by atoms with Gasteiger partial charge in [0, 0.05) is 11.6 Å². The summed E-state index contributed by atoms with van der Waals surface area (Å²) in [6.45, 7) is 6.81. The standard InChI is InChI=1S/C12H20N2/c1-4-12(3,5-2)11-8-9-14(13-11)10-6-7-10/h8-10H,4-7H2,1-3H3. The molecule has 0 atom stereocenters. The van der Waals surface area contributed by atoms with Crippen LogP contribution in [0.25, 0.3) is 0 Å². The van der Waals surface area contributed by atoms with E-state index in [1.165, 1.54) is 31.4 Å². The van der Waals surface area contributed by atoms with Crippen LogP contribution in [0.1, 0.15) is 58.2 Å². The SMILES string of the molecule is CCC(C)(CC)c1ccn(C2CC2)n1. The highest BCUT2D eigenvalue weighted by molar-refractivity contribution is 5.13. The van der Waals surface area contributed by atoms with E-state index in [1.807, 2.05) is 0 Å². The number of hydrogen-bond donors (Lipinski definition) is 0. The van der Waals surface area contributed by atoms with Crippen LogP contribution in [0.4, 0.5) is 0 Å². The predicted octanol–water partition coefficient (Wildman–Crippen LogP) is 3.30. The molecule has 1 aromatic heterocycles. The zero-order valence-electron chi connectivity index (χ0n) is 9.45. The Morgan fingerprint density at radius 2 is 2.07 bits per heavy atom. The lowest BCUT2D eigenvalue weighted by Gasteiger charge is -2.24. The Bertz CT molecular complexity index is 306. The summed E-state index contributed by atoms with van der Waals surface area (Å²) in [7, 11) is 0. The third kappa shape index (κ3) is 1.58. The summed E-state index contributed by atoms with van der Waals surface area (Å²) in [5.74, 6) is 0. The molecule has 14 heavy (non-hydrogen) atoms. The molecule has 1 aliphatic carbocycles. The van der Waals surface area contributed by atoms with E-state index < -0.39 is 0 Å². The van der Waals surface area contributed by atoms with Gasteiger partial charge in [-0.15, -0.1) is 0 Å². The van der Waals surface area contributed by atoms with E-state index in [2.05, 4.69) is 37.7 Å². The van der Waals surface area contributed by atoms with E-state index in [1.54, 1.807) is 0 Å². The largest absolute Gasteiger partial charge is 0.269 e. The Labute approximate surface area is 86.3 Å². The summed E-state index contributed by atoms with van der Waals surface area (Å²) in [4.78, 5) is 0. The second-order valence-corrected chi connectivity index (χ2v) is 4.68. The van der Waals surface area contributed by atoms with Gasteiger partial charge in [-0.25, -0.2) is 0 Å². The fourth-order valence-corrected chi connectivity index (χ4v) is 1.81. The van der Waals surface area contributed by atoms with Gasteiger partial charge in [-0.1, -0.05) is 20.8 Å². The highest BCUT2D eigenvalue weighted by Crippen LogP contribution is 2.36. The first kappa shape index (κ1) is 9.75. The second kappa shape index (κ2) is 3.41. The summed E-state index contributed by atoms with van der Waals surface area (Å²) >= 11 is 0. The minimum absolute atomic E-state index is 0.278. The second-order valence-electron chi connectivity index (χ2n) is 4.68. The fourth-order valence-electron chi connectivity index (χ4n) is 1.81. The van der Waals surface area contributed by atoms with E-state index in [0.29, 0.717) is 6.04 Å². The molecular formula is C12H20N2. The van der Waals surface area contributed by atoms with Crippen molar-refractivity contribution in [3.05, 3.63) is 18.0 Å². The maximum Gasteiger partial charge on any atom is 0.0683 e. The summed E-state index contributed by atoms with van der Waals surface area (Å²) in [5.41, 5.74) is 1.55. The van der Waals surface area contributed by atoms with Gasteiger partial charge in [0.1, 0.15) is 0 Å². The number of rotatable bonds is 4. The smallest absolute Gasteiger partial charge is 0.0683 e. The minimum atomic E-state index is 0.278. The number of aromatic nitrogens is 2. The molecule has 0 bridgehead atoms. The molecular weight excluding hydrogens is 172 g/mol. The van der Waals surface area contributed by atoms with Crippen molar-refractivity contribution in [1.82, 2.24) is 9.78 Å². The Balaban J connectivity index is 2.21. The average molecular weight is 192 g/mol. The zero-order valence-corrected chi connectivity index (χ0v) is 9.45. The van der Waals surface area contributed by atoms with Gasteiger partial charge in [-0.2, -0.15) is 5.10 Å². The lowest BCUT2D eigenvalue weighted by atomic mass is 9.82. The van der Waals surface area contributed by atoms with Crippen molar-refractivity contribution in [2.75, 3.05) is 0 Å². The fraction of sp³-hybridized carbons (Fsp3) is 0.750. The molecule has 1 saturated carbocycles. The molecule has 0 radical (unpaired) electrons. The monoisotopic (exact) mass is 192 g/mol. The molecule has 0 saturated heterocycles. The molecule has 1 heterocycles. The molecule has 78 valence electrons. The van der Waals surface area contributed by atoms with Crippen LogP contribution in [0.5, 0.6) is 0 Å². The molecule has 1 fully saturated rings. The lowest BCUT2D eigenvalue weighted by molar-refractivity contribution is 0.417. The van der Waals surface area contributed by atoms with E-state index in [-0.39, 0.29) is 5.41 Å². The van der Waals surface area contributed by atoms with Gasteiger partial charge in [-0.05, 0) is 31.7 Å². The van der Waals surface area contributed by atoms with E-state index in [4.69, 9.17) is 5.10 Å². The van der Waals surface area contributed by atoms with Crippen LogP contribution in [0, 0.1) is 0 Å². The first-order valence-corrected chi connectivity index (χ1v) is 5.75. The summed E-state index contributed by atoms with van der Waals surface area (Å²) < 4.78 is 2.15. The molecule has 0 amide bonds. The van der Waals surface area contributed by atoms with Crippen LogP contribution in [0.2, 0.25) is 0 Å². The van der Waals surface area contributed by atoms with Crippen molar-refractivity contribution in [1.29, 1.82) is 0 Å². The Morgan fingerprint density at radius 1 is 1.43 bits per heavy atom. The molecule has 1 aromatic rings. The predicted molar refractivity (Wildman–Crippen MR) is 58.4 cm³/mol. The van der Waals surface area contributed by atoms with Crippen LogP contribution >= 0.6 is 0 Å². The maximum absolute atomic E-state index is 4.70. The van der Waals surface area contributed by atoms with Gasteiger partial charge in [-0.3, -0.25) is 4.68 Å². The molecule has 0 aromatic carbocycles. The Hall–Kier alpha value is -0.790. The average Bonchev–Trinajstić information content (AvgIpc) is 2.95. The molecule has 1 aliphatic rings. The summed E-state index contributed by atoms with van der Waals surface area (Å²) in [6, 6.07) is 2.91. The Kier molecular flexibility index (Phi) is 2.38. The van der Waals surface area contributed by atoms with Crippen LogP contribution in [0.3, 0.4) is 0 Å². The van der Waals surface area contributed by atoms with Crippen molar-refractivity contribution in [3.63, 3.8) is 0 Å². The normalized spacial score (nSPS) is 17.4. The number of nitrogens with zero attached hydrogens (tertiary/aromatic N) is 2. The van der Waals surface area contributed by atoms with Crippen LogP contribution in [-0.4, -0.2) is 9.78 Å². The third-order valence-electron chi connectivity index (χ3n) is 3.71. The van der Waals surface area contributed by atoms with Crippen molar-refractivity contribution in [2.24, 2.45) is 0 Å². The van der Waals surface area contributed by atoms with Gasteiger partial charge >= 0.3 is 0 Å². The van der Waals surface area contributed by atoms with E-state index in [0.717, 1.165) is 0 Å². The zero-order chi connectivity index (χ0) is 10.2. The van der Waals surface area contributed by atoms with Gasteiger partial charge in [0.2, 0.25) is 0 Å². The van der Waals surface area contributed by atoms with Gasteiger partial charge in [0.05, 0.1) is 11.7 Å². The Morgan fingerprint density at radius 3 is 2.57 bits per heavy atom. The molecule has 0 unspecified atom stereocenters. The van der Waals surface area contributed by atoms with Crippen molar-refractivity contribution >= 4 is 0 Å². The maximum atomic E-state index is 4.70. The summed E-state index contributed by atoms with van der Waals surface area (Å²) in [6.07, 6.45) is 7.12. The van der Waals surface area contributed by atoms with Gasteiger partial charge in [0.25, 0.3) is 0 Å². The lowest BCUT2D eigenvalue weighted by Crippen LogP contribution is -2.20. The molecule has 2 heteroatoms. The molecule has 2 rings (SSSR count). The molecule has 0 spiro atoms. The molecule has 0 N–H and O–H groups in total. The first-order chi connectivity index (χ1) is 6.69. The highest BCUT2D eigenvalue weighted by Gasteiger charge is 2.28. The van der Waals surface area contributed by atoms with Crippen molar-refractivity contribution < 1.29 is 0 Å². The molecule has 0 aliphatic heterocycles. The van der Waals surface area contributed by atoms with Crippen molar-refractivity contribution in [3.8, 4) is 0 Å². The topological polar surface area (TPSA) is 17.8 Å². The first-order valence-electron chi connectivity index (χ1n) is 5.75.